The van der Waals surface area contributed by atoms with Crippen LogP contribution in [0.5, 0.6) is 11.5 Å². The van der Waals surface area contributed by atoms with E-state index in [2.05, 4.69) is 10.3 Å². The van der Waals surface area contributed by atoms with E-state index >= 15 is 0 Å². The van der Waals surface area contributed by atoms with Crippen molar-refractivity contribution in [1.29, 1.82) is 0 Å². The largest absolute Gasteiger partial charge is 0.508 e. The average molecular weight is 690 g/mol. The van der Waals surface area contributed by atoms with Crippen LogP contribution in [0.2, 0.25) is 0 Å². The number of hydrogen-bond donors (Lipinski definition) is 4. The number of primary amides is 1. The van der Waals surface area contributed by atoms with Crippen molar-refractivity contribution in [2.75, 3.05) is 19.8 Å². The van der Waals surface area contributed by atoms with Gasteiger partial charge >= 0.3 is 6.09 Å². The number of sulfone groups is 1. The molecule has 5 N–H and O–H groups in total. The average Bonchev–Trinajstić information content (AvgIpc) is 3.75. The number of rotatable bonds is 14. The van der Waals surface area contributed by atoms with Crippen molar-refractivity contribution in [2.45, 2.75) is 75.4 Å². The summed E-state index contributed by atoms with van der Waals surface area (Å²) < 4.78 is 51.0. The van der Waals surface area contributed by atoms with E-state index in [1.165, 1.54) is 18.2 Å². The van der Waals surface area contributed by atoms with Gasteiger partial charge in [0.25, 0.3) is 0 Å². The van der Waals surface area contributed by atoms with Crippen molar-refractivity contribution in [3.63, 3.8) is 0 Å². The molecule has 0 spiro atoms. The Labute approximate surface area is 279 Å². The number of aryl methyl sites for hydroxylation is 2. The lowest BCUT2D eigenvalue weighted by atomic mass is 9.72. The second kappa shape index (κ2) is 14.5. The molecule has 47 heavy (non-hydrogen) atoms. The maximum absolute atomic E-state index is 13.8. The predicted octanol–water partition coefficient (Wildman–Crippen LogP) is 3.84. The fourth-order valence-corrected chi connectivity index (χ4v) is 9.06. The lowest BCUT2D eigenvalue weighted by Gasteiger charge is -2.43. The number of aliphatic hydroxyl groups excluding tert-OH is 1. The minimum absolute atomic E-state index is 0.0102. The van der Waals surface area contributed by atoms with Gasteiger partial charge in [0.05, 0.1) is 28.8 Å². The standard InChI is InChI=1S/C33H43N3O9S2/c1-19(2)30(47(40,41)25-9-10-28(37)20(3)13-25)35-15-29(38)33(45-32(34)39,27-17-44-31-26(27)11-12-42-31)14-22-5-7-24(8-6-22)43-16-23-18-46-21(4)36-23/h5-10,13,18-19,26-27,29-31,35,37-38H,11-12,14-17H2,1-4H3,(H2,34,39). The number of aromatic nitrogens is 1. The molecule has 2 aliphatic rings. The number of fused-ring (bicyclic) bond motifs is 1. The highest BCUT2D eigenvalue weighted by Gasteiger charge is 2.57. The Morgan fingerprint density at radius 1 is 1.19 bits per heavy atom. The zero-order valence-electron chi connectivity index (χ0n) is 26.9. The number of nitrogens with zero attached hydrogens (tertiary/aromatic N) is 1. The Hall–Kier alpha value is -3.27. The number of aliphatic hydroxyl groups is 1. The fourth-order valence-electron chi connectivity index (χ4n) is 6.54. The molecule has 14 heteroatoms. The highest BCUT2D eigenvalue weighted by atomic mass is 32.2. The lowest BCUT2D eigenvalue weighted by Crippen LogP contribution is -2.60. The smallest absolute Gasteiger partial charge is 0.405 e. The summed E-state index contributed by atoms with van der Waals surface area (Å²) in [5.41, 5.74) is 6.06. The van der Waals surface area contributed by atoms with Gasteiger partial charge in [-0.2, -0.15) is 0 Å². The van der Waals surface area contributed by atoms with Gasteiger partial charge in [0.15, 0.2) is 21.7 Å². The molecular weight excluding hydrogens is 647 g/mol. The molecule has 12 nitrogen and oxygen atoms in total. The monoisotopic (exact) mass is 689 g/mol. The molecular formula is C33H43N3O9S2. The van der Waals surface area contributed by atoms with Crippen LogP contribution in [0.4, 0.5) is 4.79 Å². The van der Waals surface area contributed by atoms with Gasteiger partial charge in [0.1, 0.15) is 29.6 Å². The van der Waals surface area contributed by atoms with E-state index in [-0.39, 0.29) is 36.1 Å². The molecule has 5 rings (SSSR count). The lowest BCUT2D eigenvalue weighted by molar-refractivity contribution is -0.123. The Morgan fingerprint density at radius 2 is 1.94 bits per heavy atom. The minimum Gasteiger partial charge on any atom is -0.508 e. The topological polar surface area (TPSA) is 180 Å². The molecule has 2 aliphatic heterocycles. The van der Waals surface area contributed by atoms with Gasteiger partial charge in [-0.05, 0) is 67.6 Å². The van der Waals surface area contributed by atoms with Gasteiger partial charge in [-0.25, -0.2) is 18.2 Å². The number of hydrogen-bond acceptors (Lipinski definition) is 12. The first kappa shape index (κ1) is 35.0. The van der Waals surface area contributed by atoms with E-state index in [0.717, 1.165) is 16.3 Å². The molecule has 3 heterocycles. The van der Waals surface area contributed by atoms with E-state index in [0.29, 0.717) is 30.9 Å². The van der Waals surface area contributed by atoms with Crippen molar-refractivity contribution in [2.24, 2.45) is 23.5 Å². The van der Waals surface area contributed by atoms with Gasteiger partial charge < -0.3 is 34.9 Å². The Kier molecular flexibility index (Phi) is 10.8. The summed E-state index contributed by atoms with van der Waals surface area (Å²) in [5, 5.41) is 26.8. The molecule has 0 aliphatic carbocycles. The van der Waals surface area contributed by atoms with Crippen LogP contribution in [0.3, 0.4) is 0 Å². The SMILES string of the molecule is Cc1nc(COc2ccc(CC(OC(N)=O)(C(O)CNC(C(C)C)S(=O)(=O)c3ccc(O)c(C)c3)C3COC4OCCC43)cc2)cs1. The van der Waals surface area contributed by atoms with Crippen LogP contribution < -0.4 is 15.8 Å². The number of carbonyl (C=O) groups excluding carboxylic acids is 1. The zero-order chi connectivity index (χ0) is 33.9. The fraction of sp³-hybridized carbons (Fsp3) is 0.515. The summed E-state index contributed by atoms with van der Waals surface area (Å²) in [6, 6.07) is 11.4. The molecule has 0 saturated carbocycles. The Balaban J connectivity index is 1.42. The normalized spacial score (nSPS) is 22.0. The molecule has 2 aromatic carbocycles. The Bertz CT molecular complexity index is 1650. The quantitative estimate of drug-likeness (QED) is 0.193. The number of thiazole rings is 1. The molecule has 3 aromatic rings. The first-order valence-electron chi connectivity index (χ1n) is 15.6. The number of ether oxygens (including phenoxy) is 4. The van der Waals surface area contributed by atoms with Crippen molar-refractivity contribution in [1.82, 2.24) is 10.3 Å². The number of benzene rings is 2. The van der Waals surface area contributed by atoms with Crippen LogP contribution in [-0.4, -0.2) is 72.8 Å². The number of carbonyl (C=O) groups is 1. The summed E-state index contributed by atoms with van der Waals surface area (Å²) in [7, 11) is -3.95. The molecule has 1 amide bonds. The maximum Gasteiger partial charge on any atom is 0.405 e. The molecule has 256 valence electrons. The van der Waals surface area contributed by atoms with Gasteiger partial charge in [-0.15, -0.1) is 11.3 Å². The van der Waals surface area contributed by atoms with E-state index in [1.54, 1.807) is 44.2 Å². The number of aromatic hydroxyl groups is 1. The molecule has 1 aromatic heterocycles. The van der Waals surface area contributed by atoms with Gasteiger partial charge in [0, 0.05) is 30.2 Å². The van der Waals surface area contributed by atoms with E-state index in [4.69, 9.17) is 24.7 Å². The summed E-state index contributed by atoms with van der Waals surface area (Å²) in [6.07, 6.45) is -2.28. The van der Waals surface area contributed by atoms with Crippen molar-refractivity contribution < 1.29 is 42.4 Å². The summed E-state index contributed by atoms with van der Waals surface area (Å²) in [4.78, 5) is 17.0. The highest BCUT2D eigenvalue weighted by Crippen LogP contribution is 2.46. The first-order chi connectivity index (χ1) is 22.3. The van der Waals surface area contributed by atoms with Crippen molar-refractivity contribution in [3.8, 4) is 11.5 Å². The molecule has 6 atom stereocenters. The summed E-state index contributed by atoms with van der Waals surface area (Å²) in [6.45, 7) is 7.74. The second-order valence-corrected chi connectivity index (χ2v) is 15.7. The number of nitrogens with one attached hydrogen (secondary N) is 1. The van der Waals surface area contributed by atoms with Crippen LogP contribution in [0, 0.1) is 31.6 Å². The third-order valence-corrected chi connectivity index (χ3v) is 12.0. The van der Waals surface area contributed by atoms with Crippen molar-refractivity contribution in [3.05, 3.63) is 69.7 Å². The van der Waals surface area contributed by atoms with Crippen LogP contribution in [0.25, 0.3) is 0 Å². The summed E-state index contributed by atoms with van der Waals surface area (Å²) >= 11 is 1.55. The second-order valence-electron chi connectivity index (χ2n) is 12.6. The van der Waals surface area contributed by atoms with Gasteiger partial charge in [-0.1, -0.05) is 26.0 Å². The predicted molar refractivity (Wildman–Crippen MR) is 175 cm³/mol. The van der Waals surface area contributed by atoms with Crippen LogP contribution >= 0.6 is 11.3 Å². The van der Waals surface area contributed by atoms with Crippen molar-refractivity contribution >= 4 is 27.3 Å². The molecule has 2 saturated heterocycles. The van der Waals surface area contributed by atoms with Crippen LogP contribution in [0.15, 0.2) is 52.7 Å². The van der Waals surface area contributed by atoms with E-state index in [1.807, 2.05) is 24.4 Å². The number of amides is 1. The highest BCUT2D eigenvalue weighted by molar-refractivity contribution is 7.92. The third kappa shape index (κ3) is 7.74. The van der Waals surface area contributed by atoms with E-state index < -0.39 is 51.1 Å². The van der Waals surface area contributed by atoms with Gasteiger partial charge in [0.2, 0.25) is 0 Å². The maximum atomic E-state index is 13.8. The number of phenols is 1. The first-order valence-corrected chi connectivity index (χ1v) is 18.0. The molecule has 0 radical (unpaired) electrons. The molecule has 0 bridgehead atoms. The Morgan fingerprint density at radius 3 is 2.57 bits per heavy atom. The minimum atomic E-state index is -3.95. The molecule has 2 fully saturated rings. The summed E-state index contributed by atoms with van der Waals surface area (Å²) in [5.74, 6) is -0.486. The number of phenolic OH excluding ortho intramolecular Hbond substituents is 1. The van der Waals surface area contributed by atoms with E-state index in [9.17, 15) is 23.4 Å². The zero-order valence-corrected chi connectivity index (χ0v) is 28.6. The number of nitrogens with two attached hydrogens (primary N) is 1. The third-order valence-electron chi connectivity index (χ3n) is 8.93. The van der Waals surface area contributed by atoms with Crippen LogP contribution in [0.1, 0.15) is 42.1 Å². The van der Waals surface area contributed by atoms with Crippen LogP contribution in [-0.2, 0) is 37.1 Å². The molecule has 6 unspecified atom stereocenters. The van der Waals surface area contributed by atoms with Gasteiger partial charge in [-0.3, -0.25) is 5.32 Å².